The minimum Gasteiger partial charge on any atom is -0.370 e. The van der Waals surface area contributed by atoms with E-state index in [4.69, 9.17) is 0 Å². The first-order chi connectivity index (χ1) is 29.6. The standard InChI is InChI=1S/C42H48N10O6S4/c1-51(2)21-5-19-43-41-17-7-29-23-33(11-15-35(29)47-41)61(55,56)49-31-9-13-37(45-25-31)39(53)27-59-60-28-40(54)38-14-10-32(26-46-38)50-62(57,58)34-12-16-36-30(24-34)8-18-42(48-36)44-20-6-22-52(3)4/h7-18,23-26,49-50H,5-6,19-22,27-28H2,1-4H3,(H,43,47)(H,44,48). The van der Waals surface area contributed by atoms with E-state index in [-0.39, 0.29) is 55.6 Å². The smallest absolute Gasteiger partial charge is 0.261 e. The van der Waals surface area contributed by atoms with Crippen LogP contribution in [0.15, 0.2) is 107 Å². The van der Waals surface area contributed by atoms with Gasteiger partial charge in [0.25, 0.3) is 20.0 Å². The van der Waals surface area contributed by atoms with Crippen molar-refractivity contribution in [1.29, 1.82) is 0 Å². The van der Waals surface area contributed by atoms with Gasteiger partial charge in [-0.15, -0.1) is 0 Å². The first kappa shape index (κ1) is 46.1. The van der Waals surface area contributed by atoms with Gasteiger partial charge in [-0.3, -0.25) is 29.0 Å². The molecular weight excluding hydrogens is 869 g/mol. The van der Waals surface area contributed by atoms with Crippen molar-refractivity contribution in [2.75, 3.05) is 86.0 Å². The van der Waals surface area contributed by atoms with Crippen molar-refractivity contribution in [2.45, 2.75) is 22.6 Å². The number of pyridine rings is 4. The van der Waals surface area contributed by atoms with Crippen LogP contribution in [0.2, 0.25) is 0 Å². The molecule has 0 atom stereocenters. The third kappa shape index (κ3) is 13.1. The Kier molecular flexibility index (Phi) is 15.7. The summed E-state index contributed by atoms with van der Waals surface area (Å²) < 4.78 is 57.8. The predicted molar refractivity (Wildman–Crippen MR) is 250 cm³/mol. The highest BCUT2D eigenvalue weighted by molar-refractivity contribution is 8.77. The summed E-state index contributed by atoms with van der Waals surface area (Å²) in [5.74, 6) is 0.858. The quantitative estimate of drug-likeness (QED) is 0.0314. The maximum Gasteiger partial charge on any atom is 0.261 e. The molecule has 0 aliphatic carbocycles. The van der Waals surface area contributed by atoms with Crippen LogP contribution in [0, 0.1) is 0 Å². The average molecular weight is 917 g/mol. The average Bonchev–Trinajstić information content (AvgIpc) is 3.25. The van der Waals surface area contributed by atoms with Gasteiger partial charge in [-0.1, -0.05) is 21.6 Å². The molecule has 0 fully saturated rings. The topological polar surface area (TPSA) is 209 Å². The first-order valence-corrected chi connectivity index (χ1v) is 25.0. The number of fused-ring (bicyclic) bond motifs is 2. The lowest BCUT2D eigenvalue weighted by Crippen LogP contribution is -2.16. The Balaban J connectivity index is 0.934. The fourth-order valence-electron chi connectivity index (χ4n) is 5.97. The summed E-state index contributed by atoms with van der Waals surface area (Å²) >= 11 is 0. The van der Waals surface area contributed by atoms with Crippen LogP contribution in [0.1, 0.15) is 33.8 Å². The summed E-state index contributed by atoms with van der Waals surface area (Å²) in [5, 5.41) is 7.92. The van der Waals surface area contributed by atoms with E-state index in [0.29, 0.717) is 33.4 Å². The molecule has 0 saturated carbocycles. The first-order valence-electron chi connectivity index (χ1n) is 19.5. The van der Waals surface area contributed by atoms with Crippen LogP contribution in [0.25, 0.3) is 21.8 Å². The second-order valence-electron chi connectivity index (χ2n) is 14.7. The van der Waals surface area contributed by atoms with Crippen molar-refractivity contribution < 1.29 is 26.4 Å². The van der Waals surface area contributed by atoms with E-state index in [9.17, 15) is 26.4 Å². The van der Waals surface area contributed by atoms with Gasteiger partial charge in [0.2, 0.25) is 0 Å². The van der Waals surface area contributed by atoms with Crippen molar-refractivity contribution in [3.63, 3.8) is 0 Å². The van der Waals surface area contributed by atoms with Crippen LogP contribution in [0.3, 0.4) is 0 Å². The van der Waals surface area contributed by atoms with E-state index in [0.717, 1.165) is 39.0 Å². The minimum atomic E-state index is -3.96. The Morgan fingerprint density at radius 3 is 1.35 bits per heavy atom. The summed E-state index contributed by atoms with van der Waals surface area (Å²) in [5.41, 5.74) is 1.98. The molecule has 4 aromatic heterocycles. The van der Waals surface area contributed by atoms with E-state index in [2.05, 4.69) is 49.8 Å². The summed E-state index contributed by atoms with van der Waals surface area (Å²) in [6.45, 7) is 3.43. The van der Waals surface area contributed by atoms with Gasteiger partial charge in [0.05, 0.1) is 56.1 Å². The lowest BCUT2D eigenvalue weighted by Gasteiger charge is -2.11. The summed E-state index contributed by atoms with van der Waals surface area (Å²) in [6.07, 6.45) is 4.47. The van der Waals surface area contributed by atoms with Gasteiger partial charge < -0.3 is 20.4 Å². The molecule has 16 nitrogen and oxygen atoms in total. The second-order valence-corrected chi connectivity index (χ2v) is 20.5. The van der Waals surface area contributed by atoms with E-state index >= 15 is 0 Å². The third-order valence-corrected chi connectivity index (χ3v) is 14.1. The molecule has 2 aromatic carbocycles. The van der Waals surface area contributed by atoms with Gasteiger partial charge in [-0.05, 0) is 139 Å². The second kappa shape index (κ2) is 21.1. The molecule has 0 amide bonds. The number of benzene rings is 2. The van der Waals surface area contributed by atoms with E-state index < -0.39 is 20.0 Å². The molecule has 0 radical (unpaired) electrons. The number of carbonyl (C=O) groups is 2. The monoisotopic (exact) mass is 916 g/mol. The Hall–Kier alpha value is -5.38. The molecule has 0 aliphatic heterocycles. The molecule has 20 heteroatoms. The Morgan fingerprint density at radius 2 is 0.984 bits per heavy atom. The maximum atomic E-state index is 13.2. The van der Waals surface area contributed by atoms with Crippen LogP contribution in [0.4, 0.5) is 23.0 Å². The number of carbonyl (C=O) groups excluding carboxylic acids is 2. The lowest BCUT2D eigenvalue weighted by atomic mass is 10.2. The molecule has 0 bridgehead atoms. The largest absolute Gasteiger partial charge is 0.370 e. The van der Waals surface area contributed by atoms with E-state index in [1.165, 1.54) is 70.4 Å². The molecule has 6 rings (SSSR count). The SMILES string of the molecule is CN(C)CCCNc1ccc2cc(S(=O)(=O)Nc3ccc(C(=O)CSSCC(=O)c4ccc(NS(=O)(=O)c5ccc6nc(NCCCN(C)C)ccc6c5)cn4)nc3)ccc2n1. The highest BCUT2D eigenvalue weighted by Gasteiger charge is 2.19. The predicted octanol–water partition coefficient (Wildman–Crippen LogP) is 6.35. The fraction of sp³-hybridized carbons (Fsp3) is 0.286. The Bertz CT molecular complexity index is 2550. The van der Waals surface area contributed by atoms with E-state index in [1.54, 1.807) is 24.3 Å². The van der Waals surface area contributed by atoms with Gasteiger partial charge in [0, 0.05) is 23.9 Å². The molecular formula is C42H48N10O6S4. The minimum absolute atomic E-state index is 0.0164. The van der Waals surface area contributed by atoms with Gasteiger partial charge in [-0.25, -0.2) is 26.8 Å². The molecule has 0 aliphatic rings. The third-order valence-electron chi connectivity index (χ3n) is 9.18. The summed E-state index contributed by atoms with van der Waals surface area (Å²) in [4.78, 5) is 47.4. The van der Waals surface area contributed by atoms with Gasteiger partial charge in [0.15, 0.2) is 11.6 Å². The van der Waals surface area contributed by atoms with Crippen molar-refractivity contribution in [2.24, 2.45) is 0 Å². The number of rotatable bonds is 23. The van der Waals surface area contributed by atoms with Gasteiger partial charge in [-0.2, -0.15) is 0 Å². The highest BCUT2D eigenvalue weighted by atomic mass is 33.1. The number of sulfonamides is 2. The van der Waals surface area contributed by atoms with Crippen LogP contribution in [0.5, 0.6) is 0 Å². The zero-order valence-corrected chi connectivity index (χ0v) is 37.9. The summed E-state index contributed by atoms with van der Waals surface area (Å²) in [6, 6.07) is 22.5. The number of hydrogen-bond acceptors (Lipinski definition) is 16. The number of aromatic nitrogens is 4. The van der Waals surface area contributed by atoms with Crippen molar-refractivity contribution in [1.82, 2.24) is 29.7 Å². The van der Waals surface area contributed by atoms with Gasteiger partial charge >= 0.3 is 0 Å². The molecule has 0 saturated heterocycles. The molecule has 4 heterocycles. The summed E-state index contributed by atoms with van der Waals surface area (Å²) in [7, 11) is 2.50. The molecule has 4 N–H and O–H groups in total. The number of Topliss-reactive ketones (excluding diaryl/α,β-unsaturated/α-hetero) is 2. The van der Waals surface area contributed by atoms with Crippen molar-refractivity contribution in [3.8, 4) is 0 Å². The number of anilines is 4. The highest BCUT2D eigenvalue weighted by Crippen LogP contribution is 2.26. The number of hydrogen-bond donors (Lipinski definition) is 4. The Morgan fingerprint density at radius 1 is 0.565 bits per heavy atom. The van der Waals surface area contributed by atoms with Crippen LogP contribution in [-0.2, 0) is 20.0 Å². The maximum absolute atomic E-state index is 13.2. The van der Waals surface area contributed by atoms with Crippen molar-refractivity contribution >= 4 is 98.0 Å². The van der Waals surface area contributed by atoms with Crippen LogP contribution >= 0.6 is 21.6 Å². The normalized spacial score (nSPS) is 11.9. The zero-order chi connectivity index (χ0) is 44.3. The molecule has 0 spiro atoms. The molecule has 62 heavy (non-hydrogen) atoms. The van der Waals surface area contributed by atoms with Crippen molar-refractivity contribution in [3.05, 3.63) is 109 Å². The number of nitrogens with zero attached hydrogens (tertiary/aromatic N) is 6. The molecule has 0 unspecified atom stereocenters. The Labute approximate surface area is 369 Å². The fourth-order valence-corrected chi connectivity index (χ4v) is 9.94. The zero-order valence-electron chi connectivity index (χ0n) is 34.7. The van der Waals surface area contributed by atoms with E-state index in [1.807, 2.05) is 52.5 Å². The van der Waals surface area contributed by atoms with Gasteiger partial charge in [0.1, 0.15) is 23.0 Å². The number of nitrogens with one attached hydrogen (secondary N) is 4. The molecule has 326 valence electrons. The van der Waals surface area contributed by atoms with Crippen LogP contribution < -0.4 is 20.1 Å². The van der Waals surface area contributed by atoms with Crippen LogP contribution in [-0.4, -0.2) is 124 Å². The number of ketones is 2. The lowest BCUT2D eigenvalue weighted by molar-refractivity contribution is 0.100. The molecule has 6 aromatic rings.